The highest BCUT2D eigenvalue weighted by Gasteiger charge is 2.25. The predicted molar refractivity (Wildman–Crippen MR) is 101 cm³/mol. The number of hydrogen-bond acceptors (Lipinski definition) is 4. The van der Waals surface area contributed by atoms with Crippen molar-refractivity contribution >= 4 is 17.5 Å². The number of likely N-dealkylation sites (tertiary alicyclic amines) is 1. The van der Waals surface area contributed by atoms with E-state index >= 15 is 0 Å². The zero-order chi connectivity index (χ0) is 18.4. The molecule has 1 saturated heterocycles. The fourth-order valence-electron chi connectivity index (χ4n) is 3.19. The Morgan fingerprint density at radius 2 is 2.08 bits per heavy atom. The quantitative estimate of drug-likeness (QED) is 0.866. The van der Waals surface area contributed by atoms with Crippen molar-refractivity contribution in [2.75, 3.05) is 25.5 Å². The standard InChI is InChI=1S/C20H24N4O2/c1-24-11-5-7-16(14-24)19(25)23-18-9-3-2-8-17(18)20(26)22-13-15-6-4-10-21-12-15/h2-4,6,8-10,12,16H,5,7,11,13-14H2,1H3,(H,22,26)(H,23,25). The molecule has 6 nitrogen and oxygen atoms in total. The Kier molecular flexibility index (Phi) is 5.96. The Bertz CT molecular complexity index is 763. The largest absolute Gasteiger partial charge is 0.348 e. The van der Waals surface area contributed by atoms with Gasteiger partial charge >= 0.3 is 0 Å². The van der Waals surface area contributed by atoms with E-state index in [-0.39, 0.29) is 17.7 Å². The average molecular weight is 352 g/mol. The van der Waals surface area contributed by atoms with E-state index in [9.17, 15) is 9.59 Å². The zero-order valence-corrected chi connectivity index (χ0v) is 14.9. The van der Waals surface area contributed by atoms with Crippen LogP contribution in [0.5, 0.6) is 0 Å². The van der Waals surface area contributed by atoms with Gasteiger partial charge in [-0.2, -0.15) is 0 Å². The minimum Gasteiger partial charge on any atom is -0.348 e. The van der Waals surface area contributed by atoms with Crippen molar-refractivity contribution in [2.45, 2.75) is 19.4 Å². The monoisotopic (exact) mass is 352 g/mol. The fraction of sp³-hybridized carbons (Fsp3) is 0.350. The van der Waals surface area contributed by atoms with Gasteiger partial charge in [0, 0.05) is 25.5 Å². The van der Waals surface area contributed by atoms with Crippen LogP contribution in [-0.2, 0) is 11.3 Å². The minimum absolute atomic E-state index is 0.0240. The molecule has 1 aliphatic rings. The summed E-state index contributed by atoms with van der Waals surface area (Å²) in [5, 5.41) is 5.82. The topological polar surface area (TPSA) is 74.3 Å². The van der Waals surface area contributed by atoms with Gasteiger partial charge in [0.1, 0.15) is 0 Å². The third kappa shape index (κ3) is 4.67. The number of nitrogens with zero attached hydrogens (tertiary/aromatic N) is 2. The first-order valence-electron chi connectivity index (χ1n) is 8.89. The summed E-state index contributed by atoms with van der Waals surface area (Å²) in [6.07, 6.45) is 5.31. The molecule has 0 bridgehead atoms. The summed E-state index contributed by atoms with van der Waals surface area (Å²) < 4.78 is 0. The molecule has 0 saturated carbocycles. The van der Waals surface area contributed by atoms with Crippen molar-refractivity contribution in [1.29, 1.82) is 0 Å². The van der Waals surface area contributed by atoms with Crippen molar-refractivity contribution in [1.82, 2.24) is 15.2 Å². The highest BCUT2D eigenvalue weighted by atomic mass is 16.2. The maximum Gasteiger partial charge on any atom is 0.253 e. The van der Waals surface area contributed by atoms with Gasteiger partial charge in [-0.15, -0.1) is 0 Å². The maximum absolute atomic E-state index is 12.6. The van der Waals surface area contributed by atoms with E-state index in [4.69, 9.17) is 0 Å². The van der Waals surface area contributed by atoms with Crippen LogP contribution in [0.25, 0.3) is 0 Å². The van der Waals surface area contributed by atoms with Crippen LogP contribution in [0.2, 0.25) is 0 Å². The molecule has 136 valence electrons. The minimum atomic E-state index is -0.217. The van der Waals surface area contributed by atoms with Crippen molar-refractivity contribution in [3.05, 3.63) is 59.9 Å². The van der Waals surface area contributed by atoms with Gasteiger partial charge in [-0.05, 0) is 50.2 Å². The number of nitrogens with one attached hydrogen (secondary N) is 2. The highest BCUT2D eigenvalue weighted by molar-refractivity contribution is 6.04. The number of para-hydroxylation sites is 1. The number of hydrogen-bond donors (Lipinski definition) is 2. The Labute approximate surface area is 153 Å². The van der Waals surface area contributed by atoms with Crippen LogP contribution in [0, 0.1) is 5.92 Å². The van der Waals surface area contributed by atoms with Gasteiger partial charge in [-0.25, -0.2) is 0 Å². The van der Waals surface area contributed by atoms with Crippen LogP contribution < -0.4 is 10.6 Å². The van der Waals surface area contributed by atoms with Crippen molar-refractivity contribution in [3.63, 3.8) is 0 Å². The number of benzene rings is 1. The lowest BCUT2D eigenvalue weighted by Gasteiger charge is -2.28. The van der Waals surface area contributed by atoms with Gasteiger partial charge in [0.15, 0.2) is 0 Å². The molecule has 2 N–H and O–H groups in total. The Balaban J connectivity index is 1.65. The number of carbonyl (C=O) groups is 2. The number of rotatable bonds is 5. The molecule has 0 radical (unpaired) electrons. The molecular formula is C20H24N4O2. The predicted octanol–water partition coefficient (Wildman–Crippen LogP) is 2.29. The van der Waals surface area contributed by atoms with E-state index in [0.29, 0.717) is 17.8 Å². The first-order valence-corrected chi connectivity index (χ1v) is 8.89. The molecule has 2 aromatic rings. The fourth-order valence-corrected chi connectivity index (χ4v) is 3.19. The van der Waals surface area contributed by atoms with E-state index in [1.54, 1.807) is 30.6 Å². The van der Waals surface area contributed by atoms with Crippen molar-refractivity contribution < 1.29 is 9.59 Å². The summed E-state index contributed by atoms with van der Waals surface area (Å²) in [7, 11) is 2.03. The molecule has 6 heteroatoms. The summed E-state index contributed by atoms with van der Waals surface area (Å²) in [5.41, 5.74) is 1.94. The lowest BCUT2D eigenvalue weighted by molar-refractivity contribution is -0.121. The van der Waals surface area contributed by atoms with Gasteiger partial charge in [-0.3, -0.25) is 14.6 Å². The molecule has 0 aliphatic carbocycles. The molecule has 1 atom stereocenters. The third-order valence-electron chi connectivity index (χ3n) is 4.60. The average Bonchev–Trinajstić information content (AvgIpc) is 2.67. The van der Waals surface area contributed by atoms with Crippen molar-refractivity contribution in [2.24, 2.45) is 5.92 Å². The number of carbonyl (C=O) groups excluding carboxylic acids is 2. The van der Waals surface area contributed by atoms with Crippen LogP contribution >= 0.6 is 0 Å². The third-order valence-corrected chi connectivity index (χ3v) is 4.60. The molecule has 1 aromatic heterocycles. The van der Waals surface area contributed by atoms with E-state index in [0.717, 1.165) is 31.5 Å². The van der Waals surface area contributed by atoms with Crippen molar-refractivity contribution in [3.8, 4) is 0 Å². The van der Waals surface area contributed by atoms with E-state index in [1.165, 1.54) is 0 Å². The summed E-state index contributed by atoms with van der Waals surface area (Å²) in [6.45, 7) is 2.17. The number of piperidine rings is 1. The molecule has 1 fully saturated rings. The van der Waals surface area contributed by atoms with Gasteiger partial charge in [0.05, 0.1) is 17.2 Å². The second-order valence-corrected chi connectivity index (χ2v) is 6.68. The van der Waals surface area contributed by atoms with Gasteiger partial charge < -0.3 is 15.5 Å². The molecule has 1 aromatic carbocycles. The maximum atomic E-state index is 12.6. The second-order valence-electron chi connectivity index (χ2n) is 6.68. The summed E-state index contributed by atoms with van der Waals surface area (Å²) in [4.78, 5) is 31.4. The van der Waals surface area contributed by atoms with Crippen LogP contribution in [0.1, 0.15) is 28.8 Å². The number of anilines is 1. The first kappa shape index (κ1) is 18.1. The van der Waals surface area contributed by atoms with Crippen LogP contribution in [-0.4, -0.2) is 41.8 Å². The van der Waals surface area contributed by atoms with E-state index in [2.05, 4.69) is 20.5 Å². The lowest BCUT2D eigenvalue weighted by Crippen LogP contribution is -2.38. The van der Waals surface area contributed by atoms with Crippen LogP contribution in [0.15, 0.2) is 48.8 Å². The highest BCUT2D eigenvalue weighted by Crippen LogP contribution is 2.20. The molecule has 2 heterocycles. The summed E-state index contributed by atoms with van der Waals surface area (Å²) >= 11 is 0. The molecule has 3 rings (SSSR count). The normalized spacial score (nSPS) is 17.5. The number of pyridine rings is 1. The Hall–Kier alpha value is -2.73. The van der Waals surface area contributed by atoms with Crippen LogP contribution in [0.4, 0.5) is 5.69 Å². The second kappa shape index (κ2) is 8.58. The number of aromatic nitrogens is 1. The van der Waals surface area contributed by atoms with E-state index < -0.39 is 0 Å². The summed E-state index contributed by atoms with van der Waals surface area (Å²) in [6, 6.07) is 10.8. The summed E-state index contributed by atoms with van der Waals surface area (Å²) in [5.74, 6) is -0.283. The SMILES string of the molecule is CN1CCCC(C(=O)Nc2ccccc2C(=O)NCc2cccnc2)C1. The first-order chi connectivity index (χ1) is 12.6. The smallest absolute Gasteiger partial charge is 0.253 e. The Morgan fingerprint density at radius 1 is 1.23 bits per heavy atom. The molecule has 1 aliphatic heterocycles. The van der Waals surface area contributed by atoms with Crippen LogP contribution in [0.3, 0.4) is 0 Å². The Morgan fingerprint density at radius 3 is 2.85 bits per heavy atom. The lowest BCUT2D eigenvalue weighted by atomic mass is 9.97. The van der Waals surface area contributed by atoms with E-state index in [1.807, 2.05) is 25.2 Å². The van der Waals surface area contributed by atoms with Gasteiger partial charge in [0.25, 0.3) is 5.91 Å². The molecule has 2 amide bonds. The van der Waals surface area contributed by atoms with Gasteiger partial charge in [0.2, 0.25) is 5.91 Å². The number of amides is 2. The molecule has 26 heavy (non-hydrogen) atoms. The zero-order valence-electron chi connectivity index (χ0n) is 14.9. The van der Waals surface area contributed by atoms with Gasteiger partial charge in [-0.1, -0.05) is 18.2 Å². The molecule has 1 unspecified atom stereocenters. The molecular weight excluding hydrogens is 328 g/mol. The molecule has 0 spiro atoms.